The van der Waals surface area contributed by atoms with Crippen LogP contribution in [0.5, 0.6) is 0 Å². The van der Waals surface area contributed by atoms with Crippen molar-refractivity contribution in [2.75, 3.05) is 39.4 Å². The maximum Gasteiger partial charge on any atom is 0.228 e. The van der Waals surface area contributed by atoms with Crippen molar-refractivity contribution in [3.63, 3.8) is 0 Å². The molecule has 1 aromatic heterocycles. The van der Waals surface area contributed by atoms with Gasteiger partial charge < -0.3 is 15.4 Å². The second-order valence-electron chi connectivity index (χ2n) is 8.92. The van der Waals surface area contributed by atoms with Crippen LogP contribution >= 0.6 is 0 Å². The van der Waals surface area contributed by atoms with Crippen LogP contribution in [0.1, 0.15) is 31.5 Å². The number of nitrogens with one attached hydrogen (secondary N) is 2. The number of piperidine rings is 1. The molecule has 0 unspecified atom stereocenters. The molecule has 3 aliphatic rings. The van der Waals surface area contributed by atoms with Gasteiger partial charge in [-0.3, -0.25) is 9.69 Å². The highest BCUT2D eigenvalue weighted by atomic mass is 16.5. The fraction of sp³-hybridized carbons (Fsp3) is 0.636. The van der Waals surface area contributed by atoms with Crippen LogP contribution in [-0.4, -0.2) is 76.4 Å². The number of nitrogens with zero attached hydrogens (tertiary/aromatic N) is 5. The Hall–Kier alpha value is -2.36. The summed E-state index contributed by atoms with van der Waals surface area (Å²) in [7, 11) is 0. The number of ether oxygens (including phenoxy) is 1. The number of benzene rings is 1. The van der Waals surface area contributed by atoms with E-state index in [1.54, 1.807) is 4.68 Å². The van der Waals surface area contributed by atoms with Gasteiger partial charge in [-0.05, 0) is 60.7 Å². The standard InChI is InChI=1S/C22H31N7O2/c30-21(24-15-20-25-26-27-29(20)18-4-2-1-3-5-18)22-8-6-19(28-10-12-31-13-11-28)14-17(22)7-9-23-16-22/h1-5,17,19,23H,6-16H2,(H,24,30)/t17-,19+,22-/m1/s1. The smallest absolute Gasteiger partial charge is 0.228 e. The number of para-hydroxylation sites is 1. The van der Waals surface area contributed by atoms with Crippen LogP contribution in [0.4, 0.5) is 0 Å². The van der Waals surface area contributed by atoms with Crippen LogP contribution in [0.3, 0.4) is 0 Å². The summed E-state index contributed by atoms with van der Waals surface area (Å²) in [6.07, 6.45) is 4.13. The fourth-order valence-corrected chi connectivity index (χ4v) is 5.59. The number of tetrazole rings is 1. The Labute approximate surface area is 182 Å². The maximum absolute atomic E-state index is 13.5. The number of amides is 1. The van der Waals surface area contributed by atoms with Gasteiger partial charge in [0.05, 0.1) is 30.9 Å². The highest BCUT2D eigenvalue weighted by Gasteiger charge is 2.50. The number of hydrogen-bond donors (Lipinski definition) is 2. The molecule has 9 heteroatoms. The number of hydrogen-bond acceptors (Lipinski definition) is 7. The summed E-state index contributed by atoms with van der Waals surface area (Å²) in [6.45, 7) is 5.73. The molecule has 0 spiro atoms. The van der Waals surface area contributed by atoms with Gasteiger partial charge in [-0.1, -0.05) is 18.2 Å². The van der Waals surface area contributed by atoms with Crippen LogP contribution in [-0.2, 0) is 16.1 Å². The van der Waals surface area contributed by atoms with Crippen LogP contribution in [0, 0.1) is 11.3 Å². The highest BCUT2D eigenvalue weighted by molar-refractivity contribution is 5.83. The molecule has 2 aromatic rings. The zero-order valence-electron chi connectivity index (χ0n) is 17.9. The van der Waals surface area contributed by atoms with Gasteiger partial charge in [0.25, 0.3) is 0 Å². The summed E-state index contributed by atoms with van der Waals surface area (Å²) in [5.74, 6) is 1.17. The van der Waals surface area contributed by atoms with Crippen molar-refractivity contribution >= 4 is 5.91 Å². The third-order valence-corrected chi connectivity index (χ3v) is 7.33. The quantitative estimate of drug-likeness (QED) is 0.730. The average molecular weight is 426 g/mol. The molecule has 2 saturated heterocycles. The Bertz CT molecular complexity index is 883. The van der Waals surface area contributed by atoms with Gasteiger partial charge in [-0.15, -0.1) is 5.10 Å². The summed E-state index contributed by atoms with van der Waals surface area (Å²) in [4.78, 5) is 16.1. The van der Waals surface area contributed by atoms with E-state index >= 15 is 0 Å². The summed E-state index contributed by atoms with van der Waals surface area (Å²) >= 11 is 0. The average Bonchev–Trinajstić information content (AvgIpc) is 3.32. The van der Waals surface area contributed by atoms with E-state index in [1.165, 1.54) is 0 Å². The molecule has 3 atom stereocenters. The van der Waals surface area contributed by atoms with Crippen molar-refractivity contribution in [2.24, 2.45) is 11.3 Å². The Balaban J connectivity index is 1.27. The molecule has 9 nitrogen and oxygen atoms in total. The van der Waals surface area contributed by atoms with Gasteiger partial charge in [-0.2, -0.15) is 4.68 Å². The largest absolute Gasteiger partial charge is 0.379 e. The minimum atomic E-state index is -0.341. The first kappa shape index (κ1) is 20.5. The summed E-state index contributed by atoms with van der Waals surface area (Å²) in [5.41, 5.74) is 0.546. The molecular weight excluding hydrogens is 394 g/mol. The fourth-order valence-electron chi connectivity index (χ4n) is 5.59. The number of aromatic nitrogens is 4. The molecular formula is C22H31N7O2. The van der Waals surface area contributed by atoms with E-state index in [0.29, 0.717) is 24.3 Å². The lowest BCUT2D eigenvalue weighted by Crippen LogP contribution is -2.60. The van der Waals surface area contributed by atoms with Crippen LogP contribution in [0.2, 0.25) is 0 Å². The summed E-state index contributed by atoms with van der Waals surface area (Å²) in [6, 6.07) is 10.3. The lowest BCUT2D eigenvalue weighted by atomic mass is 9.61. The third kappa shape index (κ3) is 4.09. The molecule has 31 heavy (non-hydrogen) atoms. The number of rotatable bonds is 5. The molecule has 1 saturated carbocycles. The van der Waals surface area contributed by atoms with Crippen molar-refractivity contribution < 1.29 is 9.53 Å². The number of morpholine rings is 1. The first-order chi connectivity index (χ1) is 15.3. The molecule has 2 N–H and O–H groups in total. The van der Waals surface area contributed by atoms with E-state index < -0.39 is 0 Å². The van der Waals surface area contributed by atoms with Crippen molar-refractivity contribution in [3.05, 3.63) is 36.2 Å². The van der Waals surface area contributed by atoms with E-state index in [9.17, 15) is 4.79 Å². The molecule has 1 aromatic carbocycles. The zero-order chi connectivity index (χ0) is 21.1. The Morgan fingerprint density at radius 2 is 2.06 bits per heavy atom. The lowest BCUT2D eigenvalue weighted by Gasteiger charge is -2.50. The van der Waals surface area contributed by atoms with E-state index in [0.717, 1.165) is 70.8 Å². The van der Waals surface area contributed by atoms with Crippen molar-refractivity contribution in [1.82, 2.24) is 35.7 Å². The van der Waals surface area contributed by atoms with Crippen molar-refractivity contribution in [1.29, 1.82) is 0 Å². The predicted octanol–water partition coefficient (Wildman–Crippen LogP) is 0.759. The van der Waals surface area contributed by atoms with E-state index in [-0.39, 0.29) is 11.3 Å². The van der Waals surface area contributed by atoms with Gasteiger partial charge in [0, 0.05) is 25.7 Å². The van der Waals surface area contributed by atoms with Crippen molar-refractivity contribution in [3.8, 4) is 5.69 Å². The van der Waals surface area contributed by atoms with Gasteiger partial charge in [0.15, 0.2) is 5.82 Å². The molecule has 2 aliphatic heterocycles. The third-order valence-electron chi connectivity index (χ3n) is 7.33. The molecule has 3 heterocycles. The van der Waals surface area contributed by atoms with E-state index in [4.69, 9.17) is 4.74 Å². The SMILES string of the molecule is O=C(NCc1nnnn1-c1ccccc1)[C@@]12CC[C@H](N3CCOCC3)C[C@H]1CCNC2. The molecule has 166 valence electrons. The number of carbonyl (C=O) groups excluding carboxylic acids is 1. The maximum atomic E-state index is 13.5. The monoisotopic (exact) mass is 425 g/mol. The molecule has 1 aliphatic carbocycles. The van der Waals surface area contributed by atoms with Gasteiger partial charge in [0.1, 0.15) is 0 Å². The summed E-state index contributed by atoms with van der Waals surface area (Å²) in [5, 5.41) is 18.7. The lowest BCUT2D eigenvalue weighted by molar-refractivity contribution is -0.140. The van der Waals surface area contributed by atoms with E-state index in [2.05, 4.69) is 31.1 Å². The second kappa shape index (κ2) is 9.02. The minimum Gasteiger partial charge on any atom is -0.379 e. The Morgan fingerprint density at radius 3 is 2.90 bits per heavy atom. The topological polar surface area (TPSA) is 97.2 Å². The van der Waals surface area contributed by atoms with Gasteiger partial charge >= 0.3 is 0 Å². The zero-order valence-corrected chi connectivity index (χ0v) is 17.9. The molecule has 5 rings (SSSR count). The number of carbonyl (C=O) groups is 1. The summed E-state index contributed by atoms with van der Waals surface area (Å²) < 4.78 is 7.21. The molecule has 0 bridgehead atoms. The van der Waals surface area contributed by atoms with Crippen molar-refractivity contribution in [2.45, 2.75) is 38.3 Å². The van der Waals surface area contributed by atoms with Crippen LogP contribution < -0.4 is 10.6 Å². The highest BCUT2D eigenvalue weighted by Crippen LogP contribution is 2.46. The Morgan fingerprint density at radius 1 is 1.23 bits per heavy atom. The molecule has 3 fully saturated rings. The minimum absolute atomic E-state index is 0.132. The van der Waals surface area contributed by atoms with Crippen LogP contribution in [0.15, 0.2) is 30.3 Å². The first-order valence-corrected chi connectivity index (χ1v) is 11.4. The Kier molecular flexibility index (Phi) is 5.97. The predicted molar refractivity (Wildman–Crippen MR) is 114 cm³/mol. The van der Waals surface area contributed by atoms with E-state index in [1.807, 2.05) is 30.3 Å². The normalized spacial score (nSPS) is 29.3. The number of fused-ring (bicyclic) bond motifs is 1. The molecule has 0 radical (unpaired) electrons. The van der Waals surface area contributed by atoms with Gasteiger partial charge in [-0.25, -0.2) is 0 Å². The van der Waals surface area contributed by atoms with Crippen LogP contribution in [0.25, 0.3) is 5.69 Å². The molecule has 1 amide bonds. The van der Waals surface area contributed by atoms with Gasteiger partial charge in [0.2, 0.25) is 5.91 Å². The first-order valence-electron chi connectivity index (χ1n) is 11.4. The second-order valence-corrected chi connectivity index (χ2v) is 8.92.